The van der Waals surface area contributed by atoms with Crippen LogP contribution in [0.1, 0.15) is 31.7 Å². The molecule has 3 aromatic heterocycles. The fourth-order valence-electron chi connectivity index (χ4n) is 5.12. The lowest BCUT2D eigenvalue weighted by Gasteiger charge is -2.24. The first-order chi connectivity index (χ1) is 20.0. The van der Waals surface area contributed by atoms with Gasteiger partial charge in [0, 0.05) is 31.1 Å². The van der Waals surface area contributed by atoms with E-state index in [0.29, 0.717) is 24.6 Å². The van der Waals surface area contributed by atoms with Crippen molar-refractivity contribution in [2.45, 2.75) is 44.1 Å². The molecule has 5 rings (SSSR count). The average molecular weight is 613 g/mol. The number of nitrogens with one attached hydrogen (secondary N) is 1. The number of nitrogens with zero attached hydrogens (tertiary/aromatic N) is 8. The number of nitrogens with two attached hydrogens (primary N) is 1. The van der Waals surface area contributed by atoms with E-state index >= 15 is 0 Å². The molecule has 2 aliphatic heterocycles. The molecule has 1 atom stereocenters. The van der Waals surface area contributed by atoms with Gasteiger partial charge in [-0.1, -0.05) is 13.8 Å². The van der Waals surface area contributed by atoms with E-state index in [2.05, 4.69) is 35.1 Å². The smallest absolute Gasteiger partial charge is 0.433 e. The summed E-state index contributed by atoms with van der Waals surface area (Å²) in [5.74, 6) is -0.0397. The van der Waals surface area contributed by atoms with Gasteiger partial charge in [-0.2, -0.15) is 36.3 Å². The second kappa shape index (κ2) is 10.8. The number of ether oxygens (including phenoxy) is 1. The van der Waals surface area contributed by atoms with Gasteiger partial charge in [0.2, 0.25) is 17.8 Å². The maximum Gasteiger partial charge on any atom is 0.433 e. The molecule has 0 unspecified atom stereocenters. The zero-order chi connectivity index (χ0) is 31.3. The largest absolute Gasteiger partial charge is 0.466 e. The Morgan fingerprint density at radius 1 is 1.09 bits per heavy atom. The van der Waals surface area contributed by atoms with Crippen LogP contribution in [-0.4, -0.2) is 82.4 Å². The van der Waals surface area contributed by atoms with Crippen LogP contribution in [0.4, 0.5) is 61.1 Å². The van der Waals surface area contributed by atoms with Crippen molar-refractivity contribution < 1.29 is 31.1 Å². The van der Waals surface area contributed by atoms with Crippen LogP contribution in [-0.2, 0) is 11.6 Å². The summed E-state index contributed by atoms with van der Waals surface area (Å²) >= 11 is 0. The summed E-state index contributed by atoms with van der Waals surface area (Å²) in [6, 6.07) is 3.81. The second-order valence-corrected chi connectivity index (χ2v) is 11.3. The first kappa shape index (κ1) is 30.3. The zero-order valence-corrected chi connectivity index (χ0v) is 23.8. The molecule has 43 heavy (non-hydrogen) atoms. The topological polar surface area (TPSA) is 121 Å². The third kappa shape index (κ3) is 6.45. The minimum absolute atomic E-state index is 0.00959. The normalized spacial score (nSPS) is 18.3. The fraction of sp³-hybridized carbons (Fsp3) is 0.500. The number of aromatic nitrogens is 5. The lowest BCUT2D eigenvalue weighted by atomic mass is 9.91. The highest BCUT2D eigenvalue weighted by Gasteiger charge is 2.42. The number of fused-ring (bicyclic) bond motifs is 1. The van der Waals surface area contributed by atoms with E-state index in [4.69, 9.17) is 10.5 Å². The Morgan fingerprint density at radius 3 is 2.49 bits per heavy atom. The molecule has 11 nitrogen and oxygen atoms in total. The lowest BCUT2D eigenvalue weighted by Crippen LogP contribution is -2.32. The molecule has 1 saturated heterocycles. The van der Waals surface area contributed by atoms with Gasteiger partial charge in [0.1, 0.15) is 17.7 Å². The molecule has 0 aliphatic carbocycles. The standard InChI is InChI=1S/C26H30F6N10O/c1-24(2)11-42(17-5-6-18(26(30,31)32)37-19(17)24)23-35-13-34-22(39-23)36-16-9-15(33)20(38-21(16)43-12-25(27,28)29)41-8-7-14(10-41)40(3)4/h5-6,9,13-14H,7-8,10-12,33H2,1-4H3,(H,34,35,36,39)/t14-/m1/s1. The van der Waals surface area contributed by atoms with Crippen molar-refractivity contribution in [2.24, 2.45) is 0 Å². The van der Waals surface area contributed by atoms with Crippen LogP contribution >= 0.6 is 0 Å². The predicted octanol–water partition coefficient (Wildman–Crippen LogP) is 4.52. The fourth-order valence-corrected chi connectivity index (χ4v) is 5.12. The summed E-state index contributed by atoms with van der Waals surface area (Å²) in [7, 11) is 3.88. The number of hydrogen-bond donors (Lipinski definition) is 2. The van der Waals surface area contributed by atoms with E-state index in [0.717, 1.165) is 12.5 Å². The highest BCUT2D eigenvalue weighted by molar-refractivity contribution is 5.75. The molecule has 0 radical (unpaired) electrons. The number of rotatable bonds is 7. The molecule has 0 amide bonds. The number of alkyl halides is 6. The van der Waals surface area contributed by atoms with Gasteiger partial charge in [-0.25, -0.2) is 15.0 Å². The number of anilines is 6. The van der Waals surface area contributed by atoms with Crippen molar-refractivity contribution in [1.29, 1.82) is 0 Å². The minimum Gasteiger partial charge on any atom is -0.466 e. The van der Waals surface area contributed by atoms with Crippen molar-refractivity contribution in [3.63, 3.8) is 0 Å². The van der Waals surface area contributed by atoms with Crippen LogP contribution < -0.4 is 25.6 Å². The Morgan fingerprint density at radius 2 is 1.84 bits per heavy atom. The van der Waals surface area contributed by atoms with E-state index in [1.165, 1.54) is 18.5 Å². The summed E-state index contributed by atoms with van der Waals surface area (Å²) in [6.45, 7) is 3.32. The van der Waals surface area contributed by atoms with Crippen molar-refractivity contribution in [1.82, 2.24) is 29.8 Å². The van der Waals surface area contributed by atoms with Gasteiger partial charge in [-0.3, -0.25) is 0 Å². The monoisotopic (exact) mass is 612 g/mol. The van der Waals surface area contributed by atoms with Crippen LogP contribution in [0.15, 0.2) is 24.5 Å². The third-order valence-corrected chi connectivity index (χ3v) is 7.26. The second-order valence-electron chi connectivity index (χ2n) is 11.3. The van der Waals surface area contributed by atoms with Crippen molar-refractivity contribution in [2.75, 3.05) is 61.2 Å². The molecule has 17 heteroatoms. The third-order valence-electron chi connectivity index (χ3n) is 7.26. The number of halogens is 6. The van der Waals surface area contributed by atoms with Crippen LogP contribution in [0.25, 0.3) is 0 Å². The molecule has 0 bridgehead atoms. The quantitative estimate of drug-likeness (QED) is 0.367. The Hall–Kier alpha value is -4.15. The summed E-state index contributed by atoms with van der Waals surface area (Å²) < 4.78 is 84.3. The van der Waals surface area contributed by atoms with Crippen LogP contribution in [0.5, 0.6) is 5.88 Å². The Bertz CT molecular complexity index is 1500. The minimum atomic E-state index is -4.62. The number of pyridine rings is 2. The predicted molar refractivity (Wildman–Crippen MR) is 147 cm³/mol. The molecule has 0 aromatic carbocycles. The Balaban J connectivity index is 1.45. The van der Waals surface area contributed by atoms with Gasteiger partial charge in [-0.05, 0) is 38.7 Å². The Labute approximate surface area is 243 Å². The summed E-state index contributed by atoms with van der Waals surface area (Å²) in [5, 5.41) is 2.82. The molecule has 232 valence electrons. The number of likely N-dealkylation sites (N-methyl/N-ethyl adjacent to an activating group) is 1. The Kier molecular flexibility index (Phi) is 7.64. The van der Waals surface area contributed by atoms with Crippen molar-refractivity contribution in [3.8, 4) is 5.88 Å². The van der Waals surface area contributed by atoms with Crippen molar-refractivity contribution >= 4 is 34.8 Å². The van der Waals surface area contributed by atoms with Gasteiger partial charge >= 0.3 is 12.4 Å². The SMILES string of the molecule is CN(C)[C@@H]1CCN(c2nc(OCC(F)(F)F)c(Nc3ncnc(N4CC(C)(C)c5nc(C(F)(F)F)ccc54)n3)cc2N)C1. The van der Waals surface area contributed by atoms with Gasteiger partial charge in [0.25, 0.3) is 0 Å². The van der Waals surface area contributed by atoms with E-state index in [1.54, 1.807) is 18.7 Å². The maximum atomic E-state index is 13.3. The average Bonchev–Trinajstić information content (AvgIpc) is 3.50. The number of nitrogen functional groups attached to an aromatic ring is 1. The molecule has 0 saturated carbocycles. The molecular formula is C26H30F6N10O. The first-order valence-corrected chi connectivity index (χ1v) is 13.3. The zero-order valence-electron chi connectivity index (χ0n) is 23.8. The van der Waals surface area contributed by atoms with Crippen molar-refractivity contribution in [3.05, 3.63) is 35.9 Å². The molecule has 0 spiro atoms. The van der Waals surface area contributed by atoms with Gasteiger partial charge in [-0.15, -0.1) is 0 Å². The van der Waals surface area contributed by atoms with Crippen LogP contribution in [0, 0.1) is 0 Å². The van der Waals surface area contributed by atoms with E-state index in [-0.39, 0.29) is 47.4 Å². The highest BCUT2D eigenvalue weighted by atomic mass is 19.4. The van der Waals surface area contributed by atoms with Gasteiger partial charge in [0.05, 0.1) is 17.1 Å². The maximum absolute atomic E-state index is 13.3. The summed E-state index contributed by atoms with van der Waals surface area (Å²) in [4.78, 5) is 26.4. The molecule has 2 aliphatic rings. The number of hydrogen-bond acceptors (Lipinski definition) is 11. The van der Waals surface area contributed by atoms with E-state index < -0.39 is 30.1 Å². The molecule has 3 N–H and O–H groups in total. The lowest BCUT2D eigenvalue weighted by molar-refractivity contribution is -0.154. The summed E-state index contributed by atoms with van der Waals surface area (Å²) in [6.07, 6.45) is -7.24. The van der Waals surface area contributed by atoms with E-state index in [9.17, 15) is 26.3 Å². The van der Waals surface area contributed by atoms with Gasteiger partial charge in [0.15, 0.2) is 12.4 Å². The first-order valence-electron chi connectivity index (χ1n) is 13.3. The molecule has 5 heterocycles. The van der Waals surface area contributed by atoms with E-state index in [1.807, 2.05) is 19.0 Å². The molecular weight excluding hydrogens is 582 g/mol. The van der Waals surface area contributed by atoms with Gasteiger partial charge < -0.3 is 30.5 Å². The summed E-state index contributed by atoms with van der Waals surface area (Å²) in [5.41, 5.74) is 5.33. The van der Waals surface area contributed by atoms with Crippen LogP contribution in [0.2, 0.25) is 0 Å². The highest BCUT2D eigenvalue weighted by Crippen LogP contribution is 2.44. The molecule has 1 fully saturated rings. The van der Waals surface area contributed by atoms with Crippen LogP contribution in [0.3, 0.4) is 0 Å². The molecule has 3 aromatic rings.